The first kappa shape index (κ1) is 14.4. The molecule has 0 radical (unpaired) electrons. The lowest BCUT2D eigenvalue weighted by atomic mass is 10.1. The summed E-state index contributed by atoms with van der Waals surface area (Å²) in [6, 6.07) is 5.66. The Morgan fingerprint density at radius 2 is 2.19 bits per heavy atom. The van der Waals surface area contributed by atoms with Gasteiger partial charge in [0.2, 0.25) is 0 Å². The lowest BCUT2D eigenvalue weighted by molar-refractivity contribution is 0.102. The van der Waals surface area contributed by atoms with Crippen molar-refractivity contribution in [3.05, 3.63) is 59.2 Å². The number of aromatic nitrogens is 1. The first-order valence-electron chi connectivity index (χ1n) is 6.02. The van der Waals surface area contributed by atoms with Crippen LogP contribution in [0.2, 0.25) is 0 Å². The summed E-state index contributed by atoms with van der Waals surface area (Å²) in [5.74, 6) is -1.60. The number of benzene rings is 1. The minimum absolute atomic E-state index is 0.108. The molecule has 0 aliphatic carbocycles. The van der Waals surface area contributed by atoms with Gasteiger partial charge in [0, 0.05) is 12.4 Å². The SMILES string of the molecule is Cc1cncc(C(=O)Nc2cccc(F)c2C(N)=NO)c1. The van der Waals surface area contributed by atoms with Crippen LogP contribution in [-0.2, 0) is 0 Å². The third-order valence-corrected chi connectivity index (χ3v) is 2.76. The summed E-state index contributed by atoms with van der Waals surface area (Å²) in [5, 5.41) is 14.0. The highest BCUT2D eigenvalue weighted by Crippen LogP contribution is 2.19. The van der Waals surface area contributed by atoms with Crippen molar-refractivity contribution in [1.82, 2.24) is 4.98 Å². The molecular formula is C14H13FN4O2. The van der Waals surface area contributed by atoms with Gasteiger partial charge in [-0.3, -0.25) is 9.78 Å². The van der Waals surface area contributed by atoms with Gasteiger partial charge >= 0.3 is 0 Å². The quantitative estimate of drug-likeness (QED) is 0.347. The number of amidine groups is 1. The van der Waals surface area contributed by atoms with Crippen LogP contribution in [0.25, 0.3) is 0 Å². The summed E-state index contributed by atoms with van der Waals surface area (Å²) in [4.78, 5) is 16.0. The second-order valence-electron chi connectivity index (χ2n) is 4.35. The van der Waals surface area contributed by atoms with Gasteiger partial charge in [-0.1, -0.05) is 11.2 Å². The zero-order valence-electron chi connectivity index (χ0n) is 11.2. The van der Waals surface area contributed by atoms with Crippen molar-refractivity contribution in [3.63, 3.8) is 0 Å². The van der Waals surface area contributed by atoms with E-state index in [2.05, 4.69) is 15.5 Å². The van der Waals surface area contributed by atoms with Crippen molar-refractivity contribution in [2.45, 2.75) is 6.92 Å². The Morgan fingerprint density at radius 3 is 2.86 bits per heavy atom. The normalized spacial score (nSPS) is 11.2. The number of aryl methyl sites for hydroxylation is 1. The average molecular weight is 288 g/mol. The smallest absolute Gasteiger partial charge is 0.257 e. The molecule has 21 heavy (non-hydrogen) atoms. The van der Waals surface area contributed by atoms with E-state index >= 15 is 0 Å². The maximum Gasteiger partial charge on any atom is 0.257 e. The minimum Gasteiger partial charge on any atom is -0.409 e. The van der Waals surface area contributed by atoms with Crippen LogP contribution >= 0.6 is 0 Å². The molecule has 0 atom stereocenters. The summed E-state index contributed by atoms with van der Waals surface area (Å²) in [6.07, 6.45) is 3.01. The Balaban J connectivity index is 2.36. The van der Waals surface area contributed by atoms with Crippen LogP contribution in [0.5, 0.6) is 0 Å². The highest BCUT2D eigenvalue weighted by molar-refractivity contribution is 6.09. The molecular weight excluding hydrogens is 275 g/mol. The number of rotatable bonds is 3. The number of nitrogens with two attached hydrogens (primary N) is 1. The molecule has 1 aromatic carbocycles. The standard InChI is InChI=1S/C14H13FN4O2/c1-8-5-9(7-17-6-8)14(20)18-11-4-2-3-10(15)12(11)13(16)19-21/h2-7,21H,1H3,(H2,16,19)(H,18,20). The first-order chi connectivity index (χ1) is 10.0. The van der Waals surface area contributed by atoms with Gasteiger partial charge in [0.05, 0.1) is 16.8 Å². The van der Waals surface area contributed by atoms with Gasteiger partial charge in [0.25, 0.3) is 5.91 Å². The fourth-order valence-corrected chi connectivity index (χ4v) is 1.81. The van der Waals surface area contributed by atoms with E-state index in [0.717, 1.165) is 11.6 Å². The number of pyridine rings is 1. The first-order valence-corrected chi connectivity index (χ1v) is 6.02. The molecule has 6 nitrogen and oxygen atoms in total. The second-order valence-corrected chi connectivity index (χ2v) is 4.35. The number of nitrogens with one attached hydrogen (secondary N) is 1. The van der Waals surface area contributed by atoms with Gasteiger partial charge in [-0.25, -0.2) is 4.39 Å². The Bertz CT molecular complexity index is 716. The number of hydrogen-bond donors (Lipinski definition) is 3. The van der Waals surface area contributed by atoms with Crippen molar-refractivity contribution in [3.8, 4) is 0 Å². The number of amides is 1. The highest BCUT2D eigenvalue weighted by Gasteiger charge is 2.16. The highest BCUT2D eigenvalue weighted by atomic mass is 19.1. The lowest BCUT2D eigenvalue weighted by Gasteiger charge is -2.11. The van der Waals surface area contributed by atoms with Gasteiger partial charge in [-0.05, 0) is 30.7 Å². The van der Waals surface area contributed by atoms with Crippen LogP contribution in [0.3, 0.4) is 0 Å². The molecule has 0 saturated heterocycles. The molecule has 7 heteroatoms. The molecule has 0 bridgehead atoms. The number of halogens is 1. The van der Waals surface area contributed by atoms with Crippen LogP contribution in [0.4, 0.5) is 10.1 Å². The van der Waals surface area contributed by atoms with Crippen LogP contribution in [0.15, 0.2) is 41.8 Å². The maximum atomic E-state index is 13.8. The average Bonchev–Trinajstić information content (AvgIpc) is 2.46. The largest absolute Gasteiger partial charge is 0.409 e. The molecule has 0 unspecified atom stereocenters. The van der Waals surface area contributed by atoms with Crippen LogP contribution < -0.4 is 11.1 Å². The van der Waals surface area contributed by atoms with Crippen LogP contribution in [0, 0.1) is 12.7 Å². The summed E-state index contributed by atoms with van der Waals surface area (Å²) in [6.45, 7) is 1.80. The molecule has 0 aliphatic rings. The summed E-state index contributed by atoms with van der Waals surface area (Å²) < 4.78 is 13.8. The third kappa shape index (κ3) is 3.14. The van der Waals surface area contributed by atoms with Crippen molar-refractivity contribution < 1.29 is 14.4 Å². The predicted octanol–water partition coefficient (Wildman–Crippen LogP) is 1.88. The molecule has 0 spiro atoms. The topological polar surface area (TPSA) is 101 Å². The molecule has 2 rings (SSSR count). The summed E-state index contributed by atoms with van der Waals surface area (Å²) in [7, 11) is 0. The van der Waals surface area contributed by atoms with Crippen molar-refractivity contribution in [2.24, 2.45) is 10.9 Å². The van der Waals surface area contributed by atoms with E-state index in [1.54, 1.807) is 19.2 Å². The minimum atomic E-state index is -0.703. The van der Waals surface area contributed by atoms with Gasteiger partial charge < -0.3 is 16.3 Å². The molecule has 0 saturated carbocycles. The number of carbonyl (C=O) groups excluding carboxylic acids is 1. The molecule has 2 aromatic rings. The molecule has 1 amide bonds. The molecule has 1 aromatic heterocycles. The van der Waals surface area contributed by atoms with Crippen molar-refractivity contribution in [2.75, 3.05) is 5.32 Å². The molecule has 108 valence electrons. The van der Waals surface area contributed by atoms with E-state index in [0.29, 0.717) is 5.56 Å². The third-order valence-electron chi connectivity index (χ3n) is 2.76. The fourth-order valence-electron chi connectivity index (χ4n) is 1.81. The zero-order chi connectivity index (χ0) is 15.4. The van der Waals surface area contributed by atoms with E-state index in [1.165, 1.54) is 18.3 Å². The van der Waals surface area contributed by atoms with E-state index in [-0.39, 0.29) is 11.3 Å². The van der Waals surface area contributed by atoms with Gasteiger partial charge in [-0.2, -0.15) is 0 Å². The molecule has 0 aliphatic heterocycles. The van der Waals surface area contributed by atoms with Gasteiger partial charge in [0.15, 0.2) is 5.84 Å². The second kappa shape index (κ2) is 6.00. The lowest BCUT2D eigenvalue weighted by Crippen LogP contribution is -2.20. The van der Waals surface area contributed by atoms with Crippen molar-refractivity contribution in [1.29, 1.82) is 0 Å². The van der Waals surface area contributed by atoms with Crippen LogP contribution in [0.1, 0.15) is 21.5 Å². The number of oxime groups is 1. The Hall–Kier alpha value is -2.96. The predicted molar refractivity (Wildman–Crippen MR) is 75.8 cm³/mol. The van der Waals surface area contributed by atoms with Crippen molar-refractivity contribution >= 4 is 17.4 Å². The van der Waals surface area contributed by atoms with Crippen LogP contribution in [-0.4, -0.2) is 21.9 Å². The molecule has 0 fully saturated rings. The van der Waals surface area contributed by atoms with E-state index < -0.39 is 17.6 Å². The Morgan fingerprint density at radius 1 is 1.43 bits per heavy atom. The number of hydrogen-bond acceptors (Lipinski definition) is 4. The monoisotopic (exact) mass is 288 g/mol. The maximum absolute atomic E-state index is 13.8. The fraction of sp³-hybridized carbons (Fsp3) is 0.0714. The number of nitrogens with zero attached hydrogens (tertiary/aromatic N) is 2. The Labute approximate surface area is 120 Å². The molecule has 1 heterocycles. The molecule has 4 N–H and O–H groups in total. The summed E-state index contributed by atoms with van der Waals surface area (Å²) in [5.41, 5.74) is 6.51. The van der Waals surface area contributed by atoms with E-state index in [1.807, 2.05) is 0 Å². The Kier molecular flexibility index (Phi) is 4.13. The van der Waals surface area contributed by atoms with Gasteiger partial charge in [-0.15, -0.1) is 0 Å². The van der Waals surface area contributed by atoms with E-state index in [9.17, 15) is 9.18 Å². The zero-order valence-corrected chi connectivity index (χ0v) is 11.2. The van der Waals surface area contributed by atoms with E-state index in [4.69, 9.17) is 10.9 Å². The van der Waals surface area contributed by atoms with Gasteiger partial charge in [0.1, 0.15) is 5.82 Å². The number of carbonyl (C=O) groups is 1. The number of anilines is 1. The summed E-state index contributed by atoms with van der Waals surface area (Å²) >= 11 is 0.